The molecule has 0 aromatic heterocycles. The van der Waals surface area contributed by atoms with Crippen LogP contribution in [0.25, 0.3) is 6.08 Å². The number of hydrogen-bond donors (Lipinski definition) is 0. The van der Waals surface area contributed by atoms with E-state index in [1.54, 1.807) is 6.08 Å². The molecule has 2 rings (SSSR count). The highest BCUT2D eigenvalue weighted by Gasteiger charge is 2.32. The zero-order valence-electron chi connectivity index (χ0n) is 11.5. The second kappa shape index (κ2) is 6.37. The molecule has 1 fully saturated rings. The number of nitrogens with zero attached hydrogens (tertiary/aromatic N) is 1. The Morgan fingerprint density at radius 1 is 1.37 bits per heavy atom. The Morgan fingerprint density at radius 2 is 2.05 bits per heavy atom. The Balaban J connectivity index is 2.01. The molecule has 2 heteroatoms. The van der Waals surface area contributed by atoms with Crippen LogP contribution in [-0.2, 0) is 4.79 Å². The smallest absolute Gasteiger partial charge is 0.226 e. The number of carbonyl (C=O) groups is 1. The summed E-state index contributed by atoms with van der Waals surface area (Å²) in [5.74, 6) is 0.546. The van der Waals surface area contributed by atoms with Gasteiger partial charge in [-0.15, -0.1) is 6.58 Å². The van der Waals surface area contributed by atoms with Crippen molar-refractivity contribution in [3.05, 3.63) is 54.1 Å². The first kappa shape index (κ1) is 13.6. The highest BCUT2D eigenvalue weighted by molar-refractivity contribution is 5.81. The Kier molecular flexibility index (Phi) is 4.56. The van der Waals surface area contributed by atoms with Crippen molar-refractivity contribution in [2.45, 2.75) is 19.8 Å². The van der Waals surface area contributed by atoms with Crippen molar-refractivity contribution >= 4 is 12.0 Å². The van der Waals surface area contributed by atoms with E-state index >= 15 is 0 Å². The van der Waals surface area contributed by atoms with Gasteiger partial charge in [0, 0.05) is 19.0 Å². The van der Waals surface area contributed by atoms with E-state index in [4.69, 9.17) is 0 Å². The third kappa shape index (κ3) is 4.09. The number of amides is 1. The van der Waals surface area contributed by atoms with Gasteiger partial charge < -0.3 is 4.90 Å². The van der Waals surface area contributed by atoms with Gasteiger partial charge in [0.05, 0.1) is 0 Å². The quantitative estimate of drug-likeness (QED) is 0.712. The maximum atomic E-state index is 12.1. The molecular formula is C17H21NO. The first-order chi connectivity index (χ1) is 9.20. The van der Waals surface area contributed by atoms with Gasteiger partial charge in [-0.3, -0.25) is 4.79 Å². The van der Waals surface area contributed by atoms with Crippen LogP contribution < -0.4 is 0 Å². The third-order valence-electron chi connectivity index (χ3n) is 3.24. The lowest BCUT2D eigenvalue weighted by atomic mass is 10.1. The Morgan fingerprint density at radius 3 is 2.63 bits per heavy atom. The lowest BCUT2D eigenvalue weighted by molar-refractivity contribution is -0.131. The highest BCUT2D eigenvalue weighted by atomic mass is 16.2. The summed E-state index contributed by atoms with van der Waals surface area (Å²) in [6.07, 6.45) is 6.04. The van der Waals surface area contributed by atoms with Crippen LogP contribution in [0.5, 0.6) is 0 Å². The van der Waals surface area contributed by atoms with Crippen molar-refractivity contribution in [1.82, 2.24) is 4.90 Å². The SMILES string of the molecule is C=CCN(C/C(C)=C\c1ccccc1)C(=O)C1CC1. The molecule has 1 amide bonds. The van der Waals surface area contributed by atoms with Gasteiger partial charge >= 0.3 is 0 Å². The van der Waals surface area contributed by atoms with Crippen LogP contribution in [0, 0.1) is 5.92 Å². The molecule has 0 saturated heterocycles. The number of rotatable bonds is 6. The second-order valence-corrected chi connectivity index (χ2v) is 5.18. The van der Waals surface area contributed by atoms with Crippen molar-refractivity contribution in [3.63, 3.8) is 0 Å². The predicted molar refractivity (Wildman–Crippen MR) is 79.6 cm³/mol. The van der Waals surface area contributed by atoms with Crippen LogP contribution >= 0.6 is 0 Å². The van der Waals surface area contributed by atoms with E-state index in [0.29, 0.717) is 13.1 Å². The largest absolute Gasteiger partial charge is 0.335 e. The van der Waals surface area contributed by atoms with Crippen LogP contribution in [0.4, 0.5) is 0 Å². The molecule has 2 nitrogen and oxygen atoms in total. The fraction of sp³-hybridized carbons (Fsp3) is 0.353. The summed E-state index contributed by atoms with van der Waals surface area (Å²) in [4.78, 5) is 14.0. The van der Waals surface area contributed by atoms with Gasteiger partial charge in [-0.05, 0) is 25.3 Å². The summed E-state index contributed by atoms with van der Waals surface area (Å²) in [5, 5.41) is 0. The lowest BCUT2D eigenvalue weighted by Gasteiger charge is -2.21. The van der Waals surface area contributed by atoms with Crippen LogP contribution in [0.1, 0.15) is 25.3 Å². The van der Waals surface area contributed by atoms with Gasteiger partial charge in [-0.2, -0.15) is 0 Å². The van der Waals surface area contributed by atoms with Crippen molar-refractivity contribution in [2.24, 2.45) is 5.92 Å². The lowest BCUT2D eigenvalue weighted by Crippen LogP contribution is -2.33. The van der Waals surface area contributed by atoms with Gasteiger partial charge in [0.15, 0.2) is 0 Å². The standard InChI is InChI=1S/C17H21NO/c1-3-11-18(17(19)16-9-10-16)13-14(2)12-15-7-5-4-6-8-15/h3-8,12,16H,1,9-11,13H2,2H3/b14-12-. The molecule has 0 spiro atoms. The molecule has 0 aliphatic heterocycles. The maximum absolute atomic E-state index is 12.1. The van der Waals surface area contributed by atoms with Gasteiger partial charge in [0.1, 0.15) is 0 Å². The van der Waals surface area contributed by atoms with Crippen molar-refractivity contribution in [2.75, 3.05) is 13.1 Å². The molecule has 1 aliphatic rings. The van der Waals surface area contributed by atoms with Crippen LogP contribution in [-0.4, -0.2) is 23.9 Å². The van der Waals surface area contributed by atoms with E-state index in [1.165, 1.54) is 11.1 Å². The molecule has 0 bridgehead atoms. The number of carbonyl (C=O) groups excluding carboxylic acids is 1. The summed E-state index contributed by atoms with van der Waals surface area (Å²) in [6.45, 7) is 7.14. The van der Waals surface area contributed by atoms with Crippen molar-refractivity contribution < 1.29 is 4.79 Å². The van der Waals surface area contributed by atoms with Crippen LogP contribution in [0.2, 0.25) is 0 Å². The zero-order chi connectivity index (χ0) is 13.7. The van der Waals surface area contributed by atoms with Crippen molar-refractivity contribution in [1.29, 1.82) is 0 Å². The minimum absolute atomic E-state index is 0.268. The molecule has 100 valence electrons. The normalized spacial score (nSPS) is 15.1. The minimum atomic E-state index is 0.268. The van der Waals surface area contributed by atoms with E-state index in [2.05, 4.69) is 31.7 Å². The number of hydrogen-bond acceptors (Lipinski definition) is 1. The fourth-order valence-electron chi connectivity index (χ4n) is 2.16. The van der Waals surface area contributed by atoms with Gasteiger partial charge in [0.2, 0.25) is 5.91 Å². The molecule has 19 heavy (non-hydrogen) atoms. The second-order valence-electron chi connectivity index (χ2n) is 5.18. The van der Waals surface area contributed by atoms with Gasteiger partial charge in [-0.1, -0.05) is 48.1 Å². The Hall–Kier alpha value is -1.83. The Labute approximate surface area is 115 Å². The summed E-state index contributed by atoms with van der Waals surface area (Å²) in [6, 6.07) is 10.2. The predicted octanol–water partition coefficient (Wildman–Crippen LogP) is 3.51. The summed E-state index contributed by atoms with van der Waals surface area (Å²) in [7, 11) is 0. The average molecular weight is 255 g/mol. The van der Waals surface area contributed by atoms with Crippen LogP contribution in [0.3, 0.4) is 0 Å². The summed E-state index contributed by atoms with van der Waals surface area (Å²) < 4.78 is 0. The molecule has 1 aromatic carbocycles. The summed E-state index contributed by atoms with van der Waals surface area (Å²) in [5.41, 5.74) is 2.37. The molecule has 0 N–H and O–H groups in total. The highest BCUT2D eigenvalue weighted by Crippen LogP contribution is 2.31. The molecule has 1 aliphatic carbocycles. The molecule has 0 atom stereocenters. The van der Waals surface area contributed by atoms with E-state index in [1.807, 2.05) is 23.1 Å². The minimum Gasteiger partial charge on any atom is -0.335 e. The van der Waals surface area contributed by atoms with Crippen LogP contribution in [0.15, 0.2) is 48.6 Å². The molecule has 1 aromatic rings. The van der Waals surface area contributed by atoms with E-state index in [0.717, 1.165) is 12.8 Å². The molecule has 1 saturated carbocycles. The fourth-order valence-corrected chi connectivity index (χ4v) is 2.16. The van der Waals surface area contributed by atoms with E-state index < -0.39 is 0 Å². The van der Waals surface area contributed by atoms with Gasteiger partial charge in [0.25, 0.3) is 0 Å². The molecular weight excluding hydrogens is 234 g/mol. The first-order valence-electron chi connectivity index (χ1n) is 6.82. The molecule has 0 radical (unpaired) electrons. The topological polar surface area (TPSA) is 20.3 Å². The summed E-state index contributed by atoms with van der Waals surface area (Å²) >= 11 is 0. The monoisotopic (exact) mass is 255 g/mol. The first-order valence-corrected chi connectivity index (χ1v) is 6.82. The Bertz CT molecular complexity index is 471. The average Bonchev–Trinajstić information content (AvgIpc) is 3.23. The van der Waals surface area contributed by atoms with Crippen molar-refractivity contribution in [3.8, 4) is 0 Å². The van der Waals surface area contributed by atoms with E-state index in [9.17, 15) is 4.79 Å². The number of benzene rings is 1. The molecule has 0 unspecified atom stereocenters. The van der Waals surface area contributed by atoms with E-state index in [-0.39, 0.29) is 11.8 Å². The maximum Gasteiger partial charge on any atom is 0.226 e. The molecule has 0 heterocycles. The zero-order valence-corrected chi connectivity index (χ0v) is 11.5. The third-order valence-corrected chi connectivity index (χ3v) is 3.24. The van der Waals surface area contributed by atoms with Gasteiger partial charge in [-0.25, -0.2) is 0 Å².